The number of benzene rings is 1. The zero-order valence-corrected chi connectivity index (χ0v) is 12.4. The van der Waals surface area contributed by atoms with Gasteiger partial charge in [-0.2, -0.15) is 0 Å². The highest BCUT2D eigenvalue weighted by atomic mass is 16.4. The first kappa shape index (κ1) is 16.2. The van der Waals surface area contributed by atoms with E-state index in [0.717, 1.165) is 5.56 Å². The first-order valence-electron chi connectivity index (χ1n) is 7.06. The van der Waals surface area contributed by atoms with Crippen molar-refractivity contribution < 1.29 is 14.7 Å². The van der Waals surface area contributed by atoms with E-state index in [1.807, 2.05) is 39.0 Å². The van der Waals surface area contributed by atoms with Crippen LogP contribution in [-0.2, 0) is 9.59 Å². The summed E-state index contributed by atoms with van der Waals surface area (Å²) < 4.78 is 0. The largest absolute Gasteiger partial charge is 0.481 e. The molecule has 0 aromatic heterocycles. The summed E-state index contributed by atoms with van der Waals surface area (Å²) in [5.41, 5.74) is 0.750. The van der Waals surface area contributed by atoms with Crippen LogP contribution < -0.4 is 0 Å². The van der Waals surface area contributed by atoms with Gasteiger partial charge in [0.05, 0.1) is 5.92 Å². The minimum absolute atomic E-state index is 0.0182. The van der Waals surface area contributed by atoms with Gasteiger partial charge >= 0.3 is 5.97 Å². The van der Waals surface area contributed by atoms with Crippen LogP contribution in [0.25, 0.3) is 0 Å². The summed E-state index contributed by atoms with van der Waals surface area (Å²) in [5, 5.41) is 9.44. The Kier molecular flexibility index (Phi) is 6.22. The highest BCUT2D eigenvalue weighted by Gasteiger charge is 2.28. The molecule has 0 radical (unpaired) electrons. The minimum atomic E-state index is -0.879. The summed E-state index contributed by atoms with van der Waals surface area (Å²) in [6.07, 6.45) is 0.257. The molecule has 0 saturated heterocycles. The molecule has 4 heteroatoms. The number of carbonyl (C=O) groups is 2. The predicted octanol–water partition coefficient (Wildman–Crippen LogP) is 2.75. The van der Waals surface area contributed by atoms with Crippen LogP contribution in [0.3, 0.4) is 0 Å². The van der Waals surface area contributed by atoms with Gasteiger partial charge in [-0.25, -0.2) is 0 Å². The summed E-state index contributed by atoms with van der Waals surface area (Å²) in [6.45, 7) is 7.00. The summed E-state index contributed by atoms with van der Waals surface area (Å²) in [7, 11) is 0. The van der Waals surface area contributed by atoms with Crippen molar-refractivity contribution in [2.45, 2.75) is 33.1 Å². The molecule has 0 heterocycles. The molecule has 0 spiro atoms. The van der Waals surface area contributed by atoms with E-state index in [9.17, 15) is 14.7 Å². The molecule has 0 aliphatic rings. The number of aliphatic carboxylic acids is 1. The van der Waals surface area contributed by atoms with Gasteiger partial charge in [0, 0.05) is 19.5 Å². The Balaban J connectivity index is 2.83. The van der Waals surface area contributed by atoms with Crippen LogP contribution in [0.2, 0.25) is 0 Å². The van der Waals surface area contributed by atoms with Crippen molar-refractivity contribution in [2.75, 3.05) is 13.1 Å². The molecule has 110 valence electrons. The molecule has 1 aromatic carbocycles. The van der Waals surface area contributed by atoms with E-state index in [0.29, 0.717) is 13.1 Å². The van der Waals surface area contributed by atoms with E-state index in [1.165, 1.54) is 0 Å². The van der Waals surface area contributed by atoms with Gasteiger partial charge < -0.3 is 10.0 Å². The average Bonchev–Trinajstić information content (AvgIpc) is 2.40. The fourth-order valence-electron chi connectivity index (χ4n) is 2.47. The summed E-state index contributed by atoms with van der Waals surface area (Å²) in [5.74, 6) is -1.74. The van der Waals surface area contributed by atoms with Crippen molar-refractivity contribution in [3.63, 3.8) is 0 Å². The zero-order chi connectivity index (χ0) is 15.1. The number of amides is 1. The van der Waals surface area contributed by atoms with Crippen molar-refractivity contribution in [3.05, 3.63) is 35.9 Å². The van der Waals surface area contributed by atoms with Crippen molar-refractivity contribution in [1.82, 2.24) is 4.90 Å². The molecule has 2 atom stereocenters. The fraction of sp³-hybridized carbons (Fsp3) is 0.500. The number of hydrogen-bond acceptors (Lipinski definition) is 2. The third-order valence-electron chi connectivity index (χ3n) is 3.61. The first-order chi connectivity index (χ1) is 9.51. The quantitative estimate of drug-likeness (QED) is 0.833. The standard InChI is InChI=1S/C16H23NO3/c1-4-17(5-2)14(18)11-12(3)15(16(19)20)13-9-7-6-8-10-13/h6-10,12,15H,4-5,11H2,1-3H3,(H,19,20)/t12-,15+/m0/s1. The lowest BCUT2D eigenvalue weighted by molar-refractivity contribution is -0.140. The first-order valence-corrected chi connectivity index (χ1v) is 7.06. The molecule has 1 N–H and O–H groups in total. The smallest absolute Gasteiger partial charge is 0.311 e. The summed E-state index contributed by atoms with van der Waals surface area (Å²) in [6, 6.07) is 9.11. The minimum Gasteiger partial charge on any atom is -0.481 e. The van der Waals surface area contributed by atoms with Gasteiger partial charge in [-0.15, -0.1) is 0 Å². The third-order valence-corrected chi connectivity index (χ3v) is 3.61. The molecule has 0 fully saturated rings. The topological polar surface area (TPSA) is 57.6 Å². The number of rotatable bonds is 7. The highest BCUT2D eigenvalue weighted by Crippen LogP contribution is 2.27. The molecular formula is C16H23NO3. The number of carboxylic acid groups (broad SMARTS) is 1. The maximum Gasteiger partial charge on any atom is 0.311 e. The normalized spacial score (nSPS) is 13.6. The van der Waals surface area contributed by atoms with E-state index in [1.54, 1.807) is 17.0 Å². The Bertz CT molecular complexity index is 440. The maximum absolute atomic E-state index is 12.1. The Morgan fingerprint density at radius 3 is 2.15 bits per heavy atom. The number of hydrogen-bond donors (Lipinski definition) is 1. The monoisotopic (exact) mass is 277 g/mol. The van der Waals surface area contributed by atoms with Crippen molar-refractivity contribution in [1.29, 1.82) is 0 Å². The van der Waals surface area contributed by atoms with Crippen molar-refractivity contribution >= 4 is 11.9 Å². The van der Waals surface area contributed by atoms with Crippen LogP contribution in [0.1, 0.15) is 38.7 Å². The Labute approximate surface area is 120 Å². The lowest BCUT2D eigenvalue weighted by Gasteiger charge is -2.24. The second-order valence-corrected chi connectivity index (χ2v) is 4.97. The van der Waals surface area contributed by atoms with Crippen LogP contribution in [0.15, 0.2) is 30.3 Å². The van der Waals surface area contributed by atoms with Crippen LogP contribution >= 0.6 is 0 Å². The highest BCUT2D eigenvalue weighted by molar-refractivity contribution is 5.80. The Morgan fingerprint density at radius 2 is 1.70 bits per heavy atom. The van der Waals surface area contributed by atoms with Gasteiger partial charge in [0.15, 0.2) is 0 Å². The molecule has 0 saturated carbocycles. The number of carbonyl (C=O) groups excluding carboxylic acids is 1. The number of carboxylic acids is 1. The lowest BCUT2D eigenvalue weighted by Crippen LogP contribution is -2.33. The zero-order valence-electron chi connectivity index (χ0n) is 12.4. The molecule has 0 unspecified atom stereocenters. The van der Waals surface area contributed by atoms with E-state index in [4.69, 9.17) is 0 Å². The van der Waals surface area contributed by atoms with Crippen molar-refractivity contribution in [3.8, 4) is 0 Å². The van der Waals surface area contributed by atoms with Gasteiger partial charge in [-0.3, -0.25) is 9.59 Å². The third kappa shape index (κ3) is 4.08. The predicted molar refractivity (Wildman–Crippen MR) is 78.5 cm³/mol. The van der Waals surface area contributed by atoms with Gasteiger partial charge in [-0.05, 0) is 25.3 Å². The average molecular weight is 277 g/mol. The van der Waals surface area contributed by atoms with Gasteiger partial charge in [0.1, 0.15) is 0 Å². The molecule has 1 rings (SSSR count). The Hall–Kier alpha value is -1.84. The Morgan fingerprint density at radius 1 is 1.15 bits per heavy atom. The van der Waals surface area contributed by atoms with Gasteiger partial charge in [0.2, 0.25) is 5.91 Å². The van der Waals surface area contributed by atoms with E-state index < -0.39 is 11.9 Å². The molecule has 1 amide bonds. The molecular weight excluding hydrogens is 254 g/mol. The van der Waals surface area contributed by atoms with E-state index in [-0.39, 0.29) is 18.2 Å². The maximum atomic E-state index is 12.1. The molecule has 1 aromatic rings. The fourth-order valence-corrected chi connectivity index (χ4v) is 2.47. The van der Waals surface area contributed by atoms with Crippen LogP contribution in [0.4, 0.5) is 0 Å². The second-order valence-electron chi connectivity index (χ2n) is 4.97. The molecule has 0 aliphatic heterocycles. The lowest BCUT2D eigenvalue weighted by atomic mass is 9.85. The van der Waals surface area contributed by atoms with Crippen LogP contribution in [-0.4, -0.2) is 35.0 Å². The molecule has 0 bridgehead atoms. The molecule has 4 nitrogen and oxygen atoms in total. The van der Waals surface area contributed by atoms with Crippen molar-refractivity contribution in [2.24, 2.45) is 5.92 Å². The molecule has 0 aliphatic carbocycles. The van der Waals surface area contributed by atoms with Crippen LogP contribution in [0.5, 0.6) is 0 Å². The van der Waals surface area contributed by atoms with E-state index in [2.05, 4.69) is 0 Å². The van der Waals surface area contributed by atoms with E-state index >= 15 is 0 Å². The summed E-state index contributed by atoms with van der Waals surface area (Å²) in [4.78, 5) is 25.4. The van der Waals surface area contributed by atoms with Crippen LogP contribution in [0, 0.1) is 5.92 Å². The summed E-state index contributed by atoms with van der Waals surface area (Å²) >= 11 is 0. The van der Waals surface area contributed by atoms with Gasteiger partial charge in [0.25, 0.3) is 0 Å². The number of nitrogens with zero attached hydrogens (tertiary/aromatic N) is 1. The SMILES string of the molecule is CCN(CC)C(=O)C[C@H](C)[C@@H](C(=O)O)c1ccccc1. The second kappa shape index (κ2) is 7.68. The van der Waals surface area contributed by atoms with Gasteiger partial charge in [-0.1, -0.05) is 37.3 Å². The molecule has 20 heavy (non-hydrogen) atoms.